The standard InChI is InChI=1S/C27H33N5O2/c1-17-12-18(2)30-27(34)23(17)15-28-26(33)22-13-20(19-8-10-31(3)11-9-19)14-25-24(22)16-29-32(25)21-6-4-5-7-21/h8,12-14,16,21H,4-7,9-11,15H2,1-3H3,(H,28,33)(H,30,34). The van der Waals surface area contributed by atoms with Crippen LogP contribution in [0.2, 0.25) is 0 Å². The number of likely N-dealkylation sites (N-methyl/N-ethyl adjacent to an activating group) is 1. The van der Waals surface area contributed by atoms with Gasteiger partial charge in [0.15, 0.2) is 0 Å². The zero-order chi connectivity index (χ0) is 23.8. The van der Waals surface area contributed by atoms with Gasteiger partial charge >= 0.3 is 0 Å². The van der Waals surface area contributed by atoms with Crippen LogP contribution in [-0.2, 0) is 6.54 Å². The fourth-order valence-corrected chi connectivity index (χ4v) is 5.36. The first-order valence-corrected chi connectivity index (χ1v) is 12.3. The monoisotopic (exact) mass is 459 g/mol. The summed E-state index contributed by atoms with van der Waals surface area (Å²) in [6, 6.07) is 6.54. The van der Waals surface area contributed by atoms with Crippen LogP contribution in [0.15, 0.2) is 35.3 Å². The van der Waals surface area contributed by atoms with Crippen LogP contribution in [0, 0.1) is 13.8 Å². The molecule has 2 aromatic heterocycles. The minimum absolute atomic E-state index is 0.151. The minimum atomic E-state index is -0.175. The van der Waals surface area contributed by atoms with E-state index in [1.165, 1.54) is 18.4 Å². The van der Waals surface area contributed by atoms with Crippen LogP contribution in [0.4, 0.5) is 0 Å². The highest BCUT2D eigenvalue weighted by Crippen LogP contribution is 2.34. The molecule has 34 heavy (non-hydrogen) atoms. The van der Waals surface area contributed by atoms with Crippen molar-refractivity contribution in [2.75, 3.05) is 20.1 Å². The van der Waals surface area contributed by atoms with Crippen molar-refractivity contribution in [3.8, 4) is 0 Å². The van der Waals surface area contributed by atoms with E-state index in [1.807, 2.05) is 32.2 Å². The highest BCUT2D eigenvalue weighted by molar-refractivity contribution is 6.07. The third-order valence-corrected chi connectivity index (χ3v) is 7.33. The molecule has 7 heteroatoms. The lowest BCUT2D eigenvalue weighted by Crippen LogP contribution is -2.28. The van der Waals surface area contributed by atoms with Crippen molar-refractivity contribution in [1.82, 2.24) is 25.0 Å². The predicted octanol–water partition coefficient (Wildman–Crippen LogP) is 4.11. The Kier molecular flexibility index (Phi) is 6.13. The fraction of sp³-hybridized carbons (Fsp3) is 0.444. The first-order chi connectivity index (χ1) is 16.4. The van der Waals surface area contributed by atoms with E-state index < -0.39 is 0 Å². The summed E-state index contributed by atoms with van der Waals surface area (Å²) in [6.07, 6.45) is 9.76. The smallest absolute Gasteiger partial charge is 0.253 e. The van der Waals surface area contributed by atoms with E-state index in [0.717, 1.165) is 60.1 Å². The molecule has 3 aromatic rings. The summed E-state index contributed by atoms with van der Waals surface area (Å²) in [6.45, 7) is 5.87. The third-order valence-electron chi connectivity index (χ3n) is 7.33. The Labute approximate surface area is 199 Å². The molecule has 0 atom stereocenters. The number of H-pyrrole nitrogens is 1. The summed E-state index contributed by atoms with van der Waals surface area (Å²) in [5.74, 6) is -0.175. The van der Waals surface area contributed by atoms with Crippen molar-refractivity contribution < 1.29 is 4.79 Å². The van der Waals surface area contributed by atoms with Crippen molar-refractivity contribution in [3.63, 3.8) is 0 Å². The van der Waals surface area contributed by atoms with E-state index in [2.05, 4.69) is 39.1 Å². The van der Waals surface area contributed by atoms with E-state index >= 15 is 0 Å². The molecule has 0 bridgehead atoms. The Morgan fingerprint density at radius 3 is 2.71 bits per heavy atom. The lowest BCUT2D eigenvalue weighted by molar-refractivity contribution is 0.0952. The molecule has 2 N–H and O–H groups in total. The summed E-state index contributed by atoms with van der Waals surface area (Å²) in [5, 5.41) is 8.60. The van der Waals surface area contributed by atoms with Gasteiger partial charge in [0.2, 0.25) is 0 Å². The number of nitrogens with one attached hydrogen (secondary N) is 2. The van der Waals surface area contributed by atoms with E-state index in [-0.39, 0.29) is 18.0 Å². The van der Waals surface area contributed by atoms with Gasteiger partial charge in [-0.1, -0.05) is 18.9 Å². The van der Waals surface area contributed by atoms with Gasteiger partial charge in [0.1, 0.15) is 0 Å². The molecule has 7 nitrogen and oxygen atoms in total. The topological polar surface area (TPSA) is 83.0 Å². The van der Waals surface area contributed by atoms with Gasteiger partial charge in [-0.15, -0.1) is 0 Å². The highest BCUT2D eigenvalue weighted by atomic mass is 16.1. The Balaban J connectivity index is 1.52. The summed E-state index contributed by atoms with van der Waals surface area (Å²) >= 11 is 0. The Hall–Kier alpha value is -3.19. The maximum absolute atomic E-state index is 13.5. The zero-order valence-corrected chi connectivity index (χ0v) is 20.3. The van der Waals surface area contributed by atoms with Gasteiger partial charge in [-0.3, -0.25) is 14.3 Å². The molecule has 1 saturated carbocycles. The molecule has 1 aliphatic heterocycles. The van der Waals surface area contributed by atoms with Gasteiger partial charge in [0.05, 0.1) is 23.3 Å². The number of carbonyl (C=O) groups is 1. The number of rotatable bonds is 5. The maximum Gasteiger partial charge on any atom is 0.253 e. The number of nitrogens with zero attached hydrogens (tertiary/aromatic N) is 3. The van der Waals surface area contributed by atoms with Crippen LogP contribution in [-0.4, -0.2) is 45.7 Å². The lowest BCUT2D eigenvalue weighted by Gasteiger charge is -2.23. The molecule has 0 unspecified atom stereocenters. The molecule has 1 amide bonds. The van der Waals surface area contributed by atoms with E-state index in [9.17, 15) is 9.59 Å². The van der Waals surface area contributed by atoms with Crippen molar-refractivity contribution in [3.05, 3.63) is 68.8 Å². The lowest BCUT2D eigenvalue weighted by atomic mass is 9.95. The van der Waals surface area contributed by atoms with Crippen molar-refractivity contribution >= 4 is 22.4 Å². The van der Waals surface area contributed by atoms with Crippen LogP contribution >= 0.6 is 0 Å². The van der Waals surface area contributed by atoms with Gasteiger partial charge in [-0.05, 0) is 75.1 Å². The number of fused-ring (bicyclic) bond motifs is 1. The van der Waals surface area contributed by atoms with Gasteiger partial charge in [-0.2, -0.15) is 5.10 Å². The third kappa shape index (κ3) is 4.32. The van der Waals surface area contributed by atoms with Gasteiger partial charge in [0, 0.05) is 36.3 Å². The number of hydrogen-bond donors (Lipinski definition) is 2. The van der Waals surface area contributed by atoms with E-state index in [1.54, 1.807) is 0 Å². The zero-order valence-electron chi connectivity index (χ0n) is 20.3. The van der Waals surface area contributed by atoms with Gasteiger partial charge < -0.3 is 15.2 Å². The molecule has 0 radical (unpaired) electrons. The largest absolute Gasteiger partial charge is 0.348 e. The number of pyridine rings is 1. The molecule has 178 valence electrons. The average molecular weight is 460 g/mol. The summed E-state index contributed by atoms with van der Waals surface area (Å²) in [4.78, 5) is 31.0. The van der Waals surface area contributed by atoms with Crippen LogP contribution in [0.25, 0.3) is 16.5 Å². The molecule has 5 rings (SSSR count). The summed E-state index contributed by atoms with van der Waals surface area (Å²) in [5.41, 5.74) is 6.15. The maximum atomic E-state index is 13.5. The Morgan fingerprint density at radius 1 is 1.21 bits per heavy atom. The average Bonchev–Trinajstić information content (AvgIpc) is 3.47. The molecular weight excluding hydrogens is 426 g/mol. The van der Waals surface area contributed by atoms with Crippen LogP contribution in [0.3, 0.4) is 0 Å². The second-order valence-corrected chi connectivity index (χ2v) is 9.85. The number of amides is 1. The van der Waals surface area contributed by atoms with Gasteiger partial charge in [-0.25, -0.2) is 0 Å². The Morgan fingerprint density at radius 2 is 2.00 bits per heavy atom. The second-order valence-electron chi connectivity index (χ2n) is 9.85. The minimum Gasteiger partial charge on any atom is -0.348 e. The number of aryl methyl sites for hydroxylation is 2. The molecule has 3 heterocycles. The molecule has 2 aliphatic rings. The van der Waals surface area contributed by atoms with Gasteiger partial charge in [0.25, 0.3) is 11.5 Å². The normalized spacial score (nSPS) is 17.3. The summed E-state index contributed by atoms with van der Waals surface area (Å²) < 4.78 is 2.13. The molecule has 1 aliphatic carbocycles. The predicted molar refractivity (Wildman–Crippen MR) is 135 cm³/mol. The molecule has 0 saturated heterocycles. The number of aromatic nitrogens is 3. The van der Waals surface area contributed by atoms with Crippen molar-refractivity contribution in [2.24, 2.45) is 0 Å². The molecule has 0 spiro atoms. The second kappa shape index (κ2) is 9.22. The number of carbonyl (C=O) groups excluding carboxylic acids is 1. The SMILES string of the molecule is Cc1cc(C)c(CNC(=O)c2cc(C3=CCN(C)CC3)cc3c2cnn3C2CCCC2)c(=O)[nH]1. The van der Waals surface area contributed by atoms with Crippen LogP contribution in [0.5, 0.6) is 0 Å². The quantitative estimate of drug-likeness (QED) is 0.602. The number of benzene rings is 1. The molecule has 1 fully saturated rings. The van der Waals surface area contributed by atoms with Crippen molar-refractivity contribution in [1.29, 1.82) is 0 Å². The fourth-order valence-electron chi connectivity index (χ4n) is 5.36. The Bertz CT molecular complexity index is 1330. The molecule has 1 aromatic carbocycles. The highest BCUT2D eigenvalue weighted by Gasteiger charge is 2.23. The number of aromatic amines is 1. The van der Waals surface area contributed by atoms with E-state index in [0.29, 0.717) is 17.2 Å². The van der Waals surface area contributed by atoms with E-state index in [4.69, 9.17) is 5.10 Å². The van der Waals surface area contributed by atoms with Crippen LogP contribution < -0.4 is 10.9 Å². The van der Waals surface area contributed by atoms with Crippen molar-refractivity contribution in [2.45, 2.75) is 58.5 Å². The van der Waals surface area contributed by atoms with Crippen LogP contribution in [0.1, 0.15) is 70.9 Å². The first kappa shape index (κ1) is 22.6. The number of hydrogen-bond acceptors (Lipinski definition) is 4. The first-order valence-electron chi connectivity index (χ1n) is 12.3. The molecular formula is C27H33N5O2. The summed E-state index contributed by atoms with van der Waals surface area (Å²) in [7, 11) is 2.12.